The lowest BCUT2D eigenvalue weighted by Gasteiger charge is -2.33. The van der Waals surface area contributed by atoms with Gasteiger partial charge in [-0.2, -0.15) is 0 Å². The van der Waals surface area contributed by atoms with Crippen LogP contribution in [0, 0.1) is 0 Å². The first kappa shape index (κ1) is 14.6. The van der Waals surface area contributed by atoms with Gasteiger partial charge in [0.1, 0.15) is 0 Å². The number of nitrogens with one attached hydrogen (secondary N) is 1. The number of carbonyl (C=O) groups is 1. The summed E-state index contributed by atoms with van der Waals surface area (Å²) in [6, 6.07) is 9.59. The SMILES string of the molecule is CC(CN1CCCC1=O)NC1CCC(C)c2ccccc21. The highest BCUT2D eigenvalue weighted by Gasteiger charge is 2.27. The van der Waals surface area contributed by atoms with E-state index < -0.39 is 0 Å². The molecule has 3 rings (SSSR count). The molecule has 1 aliphatic carbocycles. The van der Waals surface area contributed by atoms with Crippen LogP contribution in [0.3, 0.4) is 0 Å². The maximum absolute atomic E-state index is 11.7. The van der Waals surface area contributed by atoms with E-state index in [1.807, 2.05) is 4.90 Å². The molecular weight excluding hydrogens is 260 g/mol. The fourth-order valence-corrected chi connectivity index (χ4v) is 3.80. The smallest absolute Gasteiger partial charge is 0.222 e. The van der Waals surface area contributed by atoms with Gasteiger partial charge in [-0.05, 0) is 43.2 Å². The van der Waals surface area contributed by atoms with Crippen molar-refractivity contribution in [2.75, 3.05) is 13.1 Å². The lowest BCUT2D eigenvalue weighted by molar-refractivity contribution is -0.128. The zero-order valence-electron chi connectivity index (χ0n) is 13.1. The predicted molar refractivity (Wildman–Crippen MR) is 85.2 cm³/mol. The summed E-state index contributed by atoms with van der Waals surface area (Å²) in [5.41, 5.74) is 2.95. The number of hydrogen-bond acceptors (Lipinski definition) is 2. The third-order valence-corrected chi connectivity index (χ3v) is 4.94. The van der Waals surface area contributed by atoms with E-state index in [9.17, 15) is 4.79 Å². The number of likely N-dealkylation sites (tertiary alicyclic amines) is 1. The fourth-order valence-electron chi connectivity index (χ4n) is 3.80. The van der Waals surface area contributed by atoms with Gasteiger partial charge in [0.2, 0.25) is 5.91 Å². The van der Waals surface area contributed by atoms with Crippen molar-refractivity contribution in [1.29, 1.82) is 0 Å². The molecule has 3 unspecified atom stereocenters. The van der Waals surface area contributed by atoms with Gasteiger partial charge >= 0.3 is 0 Å². The number of fused-ring (bicyclic) bond motifs is 1. The van der Waals surface area contributed by atoms with E-state index >= 15 is 0 Å². The Morgan fingerprint density at radius 2 is 2.05 bits per heavy atom. The van der Waals surface area contributed by atoms with Crippen LogP contribution >= 0.6 is 0 Å². The largest absolute Gasteiger partial charge is 0.341 e. The van der Waals surface area contributed by atoms with Gasteiger partial charge in [-0.1, -0.05) is 31.2 Å². The standard InChI is InChI=1S/C18H26N2O/c1-13-9-10-17(16-7-4-3-6-15(13)16)19-14(2)12-20-11-5-8-18(20)21/h3-4,6-7,13-14,17,19H,5,8-12H2,1-2H3. The lowest BCUT2D eigenvalue weighted by atomic mass is 9.81. The van der Waals surface area contributed by atoms with E-state index in [2.05, 4.69) is 43.4 Å². The summed E-state index contributed by atoms with van der Waals surface area (Å²) < 4.78 is 0. The molecule has 1 N–H and O–H groups in total. The van der Waals surface area contributed by atoms with Gasteiger partial charge in [-0.3, -0.25) is 4.79 Å². The quantitative estimate of drug-likeness (QED) is 0.921. The molecule has 1 aromatic rings. The molecule has 3 nitrogen and oxygen atoms in total. The summed E-state index contributed by atoms with van der Waals surface area (Å²) in [4.78, 5) is 13.8. The van der Waals surface area contributed by atoms with Gasteiger partial charge in [0.25, 0.3) is 0 Å². The van der Waals surface area contributed by atoms with Crippen molar-refractivity contribution >= 4 is 5.91 Å². The molecule has 0 bridgehead atoms. The van der Waals surface area contributed by atoms with Crippen molar-refractivity contribution in [1.82, 2.24) is 10.2 Å². The third-order valence-electron chi connectivity index (χ3n) is 4.94. The van der Waals surface area contributed by atoms with E-state index in [4.69, 9.17) is 0 Å². The van der Waals surface area contributed by atoms with Crippen LogP contribution in [0.5, 0.6) is 0 Å². The third kappa shape index (κ3) is 3.13. The van der Waals surface area contributed by atoms with Gasteiger partial charge in [0, 0.05) is 31.6 Å². The molecule has 1 saturated heterocycles. The number of carbonyl (C=O) groups excluding carboxylic acids is 1. The van der Waals surface area contributed by atoms with E-state index in [0.717, 1.165) is 25.9 Å². The summed E-state index contributed by atoms with van der Waals surface area (Å²) in [6.45, 7) is 6.30. The molecule has 0 spiro atoms. The molecule has 3 atom stereocenters. The Balaban J connectivity index is 1.65. The molecule has 1 aliphatic heterocycles. The Bertz CT molecular complexity index is 514. The van der Waals surface area contributed by atoms with Gasteiger partial charge in [-0.25, -0.2) is 0 Å². The van der Waals surface area contributed by atoms with Crippen LogP contribution in [-0.4, -0.2) is 29.9 Å². The molecule has 0 aromatic heterocycles. The number of rotatable bonds is 4. The van der Waals surface area contributed by atoms with Crippen molar-refractivity contribution in [3.63, 3.8) is 0 Å². The highest BCUT2D eigenvalue weighted by atomic mass is 16.2. The molecule has 0 saturated carbocycles. The highest BCUT2D eigenvalue weighted by molar-refractivity contribution is 5.78. The Morgan fingerprint density at radius 1 is 1.29 bits per heavy atom. The fraction of sp³-hybridized carbons (Fsp3) is 0.611. The Hall–Kier alpha value is -1.35. The summed E-state index contributed by atoms with van der Waals surface area (Å²) in [7, 11) is 0. The normalized spacial score (nSPS) is 26.8. The summed E-state index contributed by atoms with van der Waals surface area (Å²) in [6.07, 6.45) is 4.19. The topological polar surface area (TPSA) is 32.3 Å². The first-order chi connectivity index (χ1) is 10.1. The zero-order chi connectivity index (χ0) is 14.8. The second kappa shape index (κ2) is 6.18. The van der Waals surface area contributed by atoms with Crippen LogP contribution in [0.25, 0.3) is 0 Å². The van der Waals surface area contributed by atoms with E-state index in [-0.39, 0.29) is 0 Å². The van der Waals surface area contributed by atoms with Crippen LogP contribution in [0.15, 0.2) is 24.3 Å². The predicted octanol–water partition coefficient (Wildman–Crippen LogP) is 3.23. The van der Waals surface area contributed by atoms with Crippen molar-refractivity contribution in [3.8, 4) is 0 Å². The molecule has 2 aliphatic rings. The van der Waals surface area contributed by atoms with Crippen molar-refractivity contribution in [3.05, 3.63) is 35.4 Å². The number of amides is 1. The van der Waals surface area contributed by atoms with Crippen molar-refractivity contribution in [2.24, 2.45) is 0 Å². The van der Waals surface area contributed by atoms with Gasteiger partial charge in [-0.15, -0.1) is 0 Å². The van der Waals surface area contributed by atoms with Gasteiger partial charge in [0.05, 0.1) is 0 Å². The molecule has 1 aromatic carbocycles. The van der Waals surface area contributed by atoms with E-state index in [1.54, 1.807) is 0 Å². The van der Waals surface area contributed by atoms with Crippen LogP contribution in [0.1, 0.15) is 62.6 Å². The minimum absolute atomic E-state index is 0.321. The van der Waals surface area contributed by atoms with E-state index in [0.29, 0.717) is 23.9 Å². The first-order valence-corrected chi connectivity index (χ1v) is 8.28. The summed E-state index contributed by atoms with van der Waals surface area (Å²) >= 11 is 0. The average molecular weight is 286 g/mol. The van der Waals surface area contributed by atoms with Crippen LogP contribution in [-0.2, 0) is 4.79 Å². The molecule has 1 heterocycles. The molecule has 3 heteroatoms. The molecule has 1 fully saturated rings. The highest BCUT2D eigenvalue weighted by Crippen LogP contribution is 2.37. The Morgan fingerprint density at radius 3 is 2.76 bits per heavy atom. The number of benzene rings is 1. The maximum Gasteiger partial charge on any atom is 0.222 e. The van der Waals surface area contributed by atoms with Gasteiger partial charge < -0.3 is 10.2 Å². The Kier molecular flexibility index (Phi) is 4.29. The van der Waals surface area contributed by atoms with Crippen molar-refractivity contribution in [2.45, 2.75) is 57.5 Å². The maximum atomic E-state index is 11.7. The lowest BCUT2D eigenvalue weighted by Crippen LogP contribution is -2.42. The average Bonchev–Trinajstić information content (AvgIpc) is 2.88. The summed E-state index contributed by atoms with van der Waals surface area (Å²) in [5.74, 6) is 0.982. The molecular formula is C18H26N2O. The molecule has 0 radical (unpaired) electrons. The molecule has 1 amide bonds. The first-order valence-electron chi connectivity index (χ1n) is 8.28. The summed E-state index contributed by atoms with van der Waals surface area (Å²) in [5, 5.41) is 3.75. The second-order valence-electron chi connectivity index (χ2n) is 6.67. The minimum Gasteiger partial charge on any atom is -0.341 e. The van der Waals surface area contributed by atoms with Crippen LogP contribution < -0.4 is 5.32 Å². The zero-order valence-corrected chi connectivity index (χ0v) is 13.1. The number of nitrogens with zero attached hydrogens (tertiary/aromatic N) is 1. The monoisotopic (exact) mass is 286 g/mol. The number of hydrogen-bond donors (Lipinski definition) is 1. The second-order valence-corrected chi connectivity index (χ2v) is 6.67. The van der Waals surface area contributed by atoms with Crippen LogP contribution in [0.2, 0.25) is 0 Å². The van der Waals surface area contributed by atoms with Crippen molar-refractivity contribution < 1.29 is 4.79 Å². The van der Waals surface area contributed by atoms with E-state index in [1.165, 1.54) is 24.0 Å². The molecule has 21 heavy (non-hydrogen) atoms. The van der Waals surface area contributed by atoms with Crippen LogP contribution in [0.4, 0.5) is 0 Å². The molecule has 114 valence electrons. The minimum atomic E-state index is 0.321. The van der Waals surface area contributed by atoms with Gasteiger partial charge in [0.15, 0.2) is 0 Å². The Labute approximate surface area is 127 Å².